The molecule has 3 heteroatoms. The monoisotopic (exact) mass is 344 g/mol. The third-order valence-corrected chi connectivity index (χ3v) is 5.25. The minimum absolute atomic E-state index is 0.451. The number of alkyl halides is 1. The van der Waals surface area contributed by atoms with Crippen molar-refractivity contribution >= 4 is 31.9 Å². The van der Waals surface area contributed by atoms with Gasteiger partial charge in [-0.15, -0.1) is 0 Å². The quantitative estimate of drug-likeness (QED) is 0.718. The molecule has 86 valence electrons. The maximum atomic E-state index is 5.77. The van der Waals surface area contributed by atoms with Crippen molar-refractivity contribution in [3.8, 4) is 5.75 Å². The molecule has 0 amide bonds. The normalized spacial score (nSPS) is 28.4. The molecule has 3 rings (SSSR count). The molecule has 16 heavy (non-hydrogen) atoms. The van der Waals surface area contributed by atoms with E-state index in [4.69, 9.17) is 4.74 Å². The van der Waals surface area contributed by atoms with Gasteiger partial charge in [-0.3, -0.25) is 0 Å². The summed E-state index contributed by atoms with van der Waals surface area (Å²) in [7, 11) is 0. The molecule has 0 N–H and O–H groups in total. The molecule has 0 radical (unpaired) electrons. The van der Waals surface area contributed by atoms with Crippen LogP contribution in [0, 0.1) is 11.8 Å². The lowest BCUT2D eigenvalue weighted by atomic mass is 10.0. The molecular weight excluding hydrogens is 332 g/mol. The summed E-state index contributed by atoms with van der Waals surface area (Å²) >= 11 is 7.43. The van der Waals surface area contributed by atoms with Crippen LogP contribution in [-0.2, 0) is 6.42 Å². The average Bonchev–Trinajstić information content (AvgIpc) is 2.78. The van der Waals surface area contributed by atoms with E-state index in [1.54, 1.807) is 0 Å². The van der Waals surface area contributed by atoms with Gasteiger partial charge >= 0.3 is 0 Å². The SMILES string of the molecule is CC1CC1C(Br)c1cc(Br)cc2c1OCC2. The number of hydrogen-bond acceptors (Lipinski definition) is 1. The Morgan fingerprint density at radius 3 is 2.88 bits per heavy atom. The van der Waals surface area contributed by atoms with Gasteiger partial charge in [-0.25, -0.2) is 0 Å². The van der Waals surface area contributed by atoms with Crippen LogP contribution < -0.4 is 4.74 Å². The Morgan fingerprint density at radius 2 is 2.19 bits per heavy atom. The highest BCUT2D eigenvalue weighted by Gasteiger charge is 2.40. The van der Waals surface area contributed by atoms with Crippen molar-refractivity contribution in [3.63, 3.8) is 0 Å². The summed E-state index contributed by atoms with van der Waals surface area (Å²) in [6, 6.07) is 4.39. The van der Waals surface area contributed by atoms with Gasteiger partial charge in [0.25, 0.3) is 0 Å². The van der Waals surface area contributed by atoms with Crippen molar-refractivity contribution < 1.29 is 4.74 Å². The summed E-state index contributed by atoms with van der Waals surface area (Å²) in [5.41, 5.74) is 2.68. The maximum Gasteiger partial charge on any atom is 0.127 e. The molecule has 1 aromatic carbocycles. The van der Waals surface area contributed by atoms with E-state index in [1.807, 2.05) is 0 Å². The van der Waals surface area contributed by atoms with Crippen LogP contribution in [0.25, 0.3) is 0 Å². The van der Waals surface area contributed by atoms with Crippen molar-refractivity contribution in [2.45, 2.75) is 24.6 Å². The summed E-state index contributed by atoms with van der Waals surface area (Å²) in [4.78, 5) is 0.451. The van der Waals surface area contributed by atoms with E-state index in [9.17, 15) is 0 Å². The van der Waals surface area contributed by atoms with Crippen LogP contribution in [0.5, 0.6) is 5.75 Å². The second-order valence-electron chi connectivity index (χ2n) is 4.86. The lowest BCUT2D eigenvalue weighted by Gasteiger charge is -2.14. The van der Waals surface area contributed by atoms with Gasteiger partial charge in [-0.1, -0.05) is 38.8 Å². The fraction of sp³-hybridized carbons (Fsp3) is 0.538. The van der Waals surface area contributed by atoms with Crippen LogP contribution in [0.4, 0.5) is 0 Å². The topological polar surface area (TPSA) is 9.23 Å². The molecule has 0 spiro atoms. The number of ether oxygens (including phenoxy) is 1. The molecule has 0 aromatic heterocycles. The van der Waals surface area contributed by atoms with Crippen LogP contribution in [0.3, 0.4) is 0 Å². The van der Waals surface area contributed by atoms with Crippen molar-refractivity contribution in [2.75, 3.05) is 6.61 Å². The van der Waals surface area contributed by atoms with E-state index in [0.717, 1.165) is 30.6 Å². The van der Waals surface area contributed by atoms with Crippen molar-refractivity contribution in [2.24, 2.45) is 11.8 Å². The molecule has 3 unspecified atom stereocenters. The van der Waals surface area contributed by atoms with Gasteiger partial charge in [-0.05, 0) is 36.0 Å². The lowest BCUT2D eigenvalue weighted by molar-refractivity contribution is 0.352. The minimum atomic E-state index is 0.451. The Balaban J connectivity index is 1.99. The highest BCUT2D eigenvalue weighted by molar-refractivity contribution is 9.10. The zero-order valence-corrected chi connectivity index (χ0v) is 12.3. The van der Waals surface area contributed by atoms with E-state index in [0.29, 0.717) is 4.83 Å². The Hall–Kier alpha value is -0.0200. The second-order valence-corrected chi connectivity index (χ2v) is 6.76. The molecule has 1 aliphatic carbocycles. The number of benzene rings is 1. The fourth-order valence-electron chi connectivity index (χ4n) is 2.49. The zero-order chi connectivity index (χ0) is 11.3. The van der Waals surface area contributed by atoms with Crippen molar-refractivity contribution in [3.05, 3.63) is 27.7 Å². The first-order chi connectivity index (χ1) is 7.66. The largest absolute Gasteiger partial charge is 0.493 e. The van der Waals surface area contributed by atoms with Crippen LogP contribution in [-0.4, -0.2) is 6.61 Å². The van der Waals surface area contributed by atoms with Crippen LogP contribution in [0.15, 0.2) is 16.6 Å². The van der Waals surface area contributed by atoms with Gasteiger partial charge in [0.1, 0.15) is 5.75 Å². The highest BCUT2D eigenvalue weighted by Crippen LogP contribution is 2.54. The minimum Gasteiger partial charge on any atom is -0.493 e. The standard InChI is InChI=1S/C13H14Br2O/c1-7-4-10(7)12(15)11-6-9(14)5-8-2-3-16-13(8)11/h5-7,10,12H,2-4H2,1H3. The van der Waals surface area contributed by atoms with E-state index < -0.39 is 0 Å². The first kappa shape index (κ1) is 11.1. The van der Waals surface area contributed by atoms with Crippen molar-refractivity contribution in [1.82, 2.24) is 0 Å². The van der Waals surface area contributed by atoms with Crippen molar-refractivity contribution in [1.29, 1.82) is 0 Å². The van der Waals surface area contributed by atoms with E-state index in [1.165, 1.54) is 22.0 Å². The molecule has 1 nitrogen and oxygen atoms in total. The Labute approximate surface area is 113 Å². The third kappa shape index (κ3) is 1.82. The first-order valence-electron chi connectivity index (χ1n) is 5.76. The maximum absolute atomic E-state index is 5.77. The van der Waals surface area contributed by atoms with Gasteiger partial charge in [-0.2, -0.15) is 0 Å². The van der Waals surface area contributed by atoms with E-state index in [2.05, 4.69) is 50.9 Å². The molecule has 1 saturated carbocycles. The van der Waals surface area contributed by atoms with Gasteiger partial charge in [0, 0.05) is 21.3 Å². The molecule has 1 heterocycles. The summed E-state index contributed by atoms with van der Waals surface area (Å²) in [5, 5.41) is 0. The number of rotatable bonds is 2. The predicted molar refractivity (Wildman–Crippen MR) is 72.3 cm³/mol. The van der Waals surface area contributed by atoms with Gasteiger partial charge in [0.15, 0.2) is 0 Å². The Morgan fingerprint density at radius 1 is 1.44 bits per heavy atom. The Kier molecular flexibility index (Phi) is 2.79. The van der Waals surface area contributed by atoms with Crippen LogP contribution in [0.2, 0.25) is 0 Å². The van der Waals surface area contributed by atoms with E-state index in [-0.39, 0.29) is 0 Å². The summed E-state index contributed by atoms with van der Waals surface area (Å²) in [6.45, 7) is 3.15. The molecule has 1 aromatic rings. The lowest BCUT2D eigenvalue weighted by Crippen LogP contribution is -1.98. The Bertz CT molecular complexity index is 430. The highest BCUT2D eigenvalue weighted by atomic mass is 79.9. The second kappa shape index (κ2) is 4.02. The number of halogens is 2. The predicted octanol–water partition coefficient (Wildman–Crippen LogP) is 4.48. The molecule has 1 aliphatic heterocycles. The first-order valence-corrected chi connectivity index (χ1v) is 7.47. The summed E-state index contributed by atoms with van der Waals surface area (Å²) in [6.07, 6.45) is 2.37. The fourth-order valence-corrected chi connectivity index (χ4v) is 4.09. The number of fused-ring (bicyclic) bond motifs is 1. The molecule has 0 bridgehead atoms. The molecule has 3 atom stereocenters. The number of hydrogen-bond donors (Lipinski definition) is 0. The zero-order valence-electron chi connectivity index (χ0n) is 9.17. The van der Waals surface area contributed by atoms with E-state index >= 15 is 0 Å². The van der Waals surface area contributed by atoms with Gasteiger partial charge in [0.2, 0.25) is 0 Å². The molecule has 1 fully saturated rings. The van der Waals surface area contributed by atoms with Crippen LogP contribution in [0.1, 0.15) is 29.3 Å². The van der Waals surface area contributed by atoms with Crippen LogP contribution >= 0.6 is 31.9 Å². The average molecular weight is 346 g/mol. The summed E-state index contributed by atoms with van der Waals surface area (Å²) in [5.74, 6) is 2.76. The van der Waals surface area contributed by atoms with Gasteiger partial charge < -0.3 is 4.74 Å². The third-order valence-electron chi connectivity index (χ3n) is 3.62. The smallest absolute Gasteiger partial charge is 0.127 e. The molecular formula is C13H14Br2O. The summed E-state index contributed by atoms with van der Waals surface area (Å²) < 4.78 is 6.94. The molecule has 2 aliphatic rings. The molecule has 0 saturated heterocycles. The van der Waals surface area contributed by atoms with Gasteiger partial charge in [0.05, 0.1) is 6.61 Å².